The highest BCUT2D eigenvalue weighted by Crippen LogP contribution is 2.32. The average Bonchev–Trinajstić information content (AvgIpc) is 3.43. The lowest BCUT2D eigenvalue weighted by Crippen LogP contribution is -2.31. The number of nitrogens with one attached hydrogen (secondary N) is 2. The summed E-state index contributed by atoms with van der Waals surface area (Å²) in [6.07, 6.45) is 2.75. The Morgan fingerprint density at radius 3 is 2.48 bits per heavy atom. The first-order valence-corrected chi connectivity index (χ1v) is 10.5. The van der Waals surface area contributed by atoms with Crippen molar-refractivity contribution in [1.82, 2.24) is 10.6 Å². The van der Waals surface area contributed by atoms with Crippen molar-refractivity contribution in [3.8, 4) is 11.1 Å². The molecule has 0 spiro atoms. The third-order valence-corrected chi connectivity index (χ3v) is 6.09. The number of aliphatic hydroxyl groups excluding tert-OH is 1. The molecule has 0 saturated carbocycles. The van der Waals surface area contributed by atoms with E-state index in [9.17, 15) is 19.1 Å². The Kier molecular flexibility index (Phi) is 6.15. The topological polar surface area (TPSA) is 104 Å². The molecule has 1 fully saturated rings. The van der Waals surface area contributed by atoms with Crippen LogP contribution in [0.2, 0.25) is 0 Å². The maximum absolute atomic E-state index is 14.9. The molecule has 0 bridgehead atoms. The number of Topliss-reactive ketones (excluding diaryl/α,β-unsaturated/α-hetero) is 1. The van der Waals surface area contributed by atoms with Gasteiger partial charge in [-0.05, 0) is 35.1 Å². The largest absolute Gasteiger partial charge is 0.396 e. The molecule has 1 saturated heterocycles. The van der Waals surface area contributed by atoms with Gasteiger partial charge < -0.3 is 21.5 Å². The summed E-state index contributed by atoms with van der Waals surface area (Å²) in [6, 6.07) is 12.8. The predicted octanol–water partition coefficient (Wildman–Crippen LogP) is 1.94. The molecule has 0 aliphatic carbocycles. The standard InChI is InChI=1S/C24H26FN3O3/c25-21-9-17(18-8-19(27-12-18)10-23(30)24(26)31)5-6-20(21)15-1-3-16(4-2-15)22-7-14(13-29)11-28-22/h1-7,9,14,18-19,27-29H,8,10-13H2,(H2,26,31)/t14-,18+,19?/m0/s1. The molecule has 0 radical (unpaired) electrons. The quantitative estimate of drug-likeness (QED) is 0.510. The van der Waals surface area contributed by atoms with Crippen LogP contribution in [0.5, 0.6) is 0 Å². The number of carbonyl (C=O) groups is 2. The number of benzene rings is 2. The van der Waals surface area contributed by atoms with Gasteiger partial charge in [-0.1, -0.05) is 42.5 Å². The molecule has 31 heavy (non-hydrogen) atoms. The van der Waals surface area contributed by atoms with Crippen LogP contribution < -0.4 is 16.4 Å². The van der Waals surface area contributed by atoms with Crippen LogP contribution in [0.3, 0.4) is 0 Å². The van der Waals surface area contributed by atoms with Crippen LogP contribution in [-0.2, 0) is 9.59 Å². The van der Waals surface area contributed by atoms with E-state index in [0.717, 1.165) is 28.9 Å². The SMILES string of the molecule is NC(=O)C(=O)CC1C[C@@H](c2ccc(-c3ccc(C4=C[C@H](CO)CN4)cc3)c(F)c2)CN1. The number of amides is 1. The molecule has 6 nitrogen and oxygen atoms in total. The third kappa shape index (κ3) is 4.68. The minimum atomic E-state index is -0.917. The van der Waals surface area contributed by atoms with Gasteiger partial charge >= 0.3 is 0 Å². The second-order valence-corrected chi connectivity index (χ2v) is 8.25. The first-order valence-electron chi connectivity index (χ1n) is 10.5. The lowest BCUT2D eigenvalue weighted by molar-refractivity contribution is -0.136. The molecule has 5 N–H and O–H groups in total. The number of ketones is 1. The Hall–Kier alpha value is -3.03. The summed E-state index contributed by atoms with van der Waals surface area (Å²) in [6.45, 7) is 1.46. The van der Waals surface area contributed by atoms with Gasteiger partial charge in [0, 0.05) is 42.7 Å². The highest BCUT2D eigenvalue weighted by atomic mass is 19.1. The molecule has 2 aromatic carbocycles. The fourth-order valence-corrected chi connectivity index (χ4v) is 4.31. The van der Waals surface area contributed by atoms with Gasteiger partial charge in [0.1, 0.15) is 5.82 Å². The smallest absolute Gasteiger partial charge is 0.284 e. The molecule has 1 unspecified atom stereocenters. The molecule has 162 valence electrons. The normalized spacial score (nSPS) is 22.8. The van der Waals surface area contributed by atoms with Crippen molar-refractivity contribution in [1.29, 1.82) is 0 Å². The van der Waals surface area contributed by atoms with E-state index in [1.807, 2.05) is 36.4 Å². The first kappa shape index (κ1) is 21.2. The van der Waals surface area contributed by atoms with Gasteiger partial charge in [-0.15, -0.1) is 0 Å². The zero-order valence-corrected chi connectivity index (χ0v) is 17.1. The number of rotatable bonds is 7. The fourth-order valence-electron chi connectivity index (χ4n) is 4.31. The molecular weight excluding hydrogens is 397 g/mol. The van der Waals surface area contributed by atoms with Crippen molar-refractivity contribution in [2.45, 2.75) is 24.8 Å². The third-order valence-electron chi connectivity index (χ3n) is 6.09. The number of nitrogens with two attached hydrogens (primary N) is 1. The molecule has 1 amide bonds. The van der Waals surface area contributed by atoms with Crippen molar-refractivity contribution in [2.24, 2.45) is 11.7 Å². The summed E-state index contributed by atoms with van der Waals surface area (Å²) in [5, 5.41) is 15.8. The molecule has 7 heteroatoms. The minimum absolute atomic E-state index is 0.0725. The predicted molar refractivity (Wildman–Crippen MR) is 116 cm³/mol. The number of primary amides is 1. The summed E-state index contributed by atoms with van der Waals surface area (Å²) in [4.78, 5) is 22.5. The van der Waals surface area contributed by atoms with Gasteiger partial charge in [0.25, 0.3) is 5.91 Å². The van der Waals surface area contributed by atoms with Crippen LogP contribution in [0.4, 0.5) is 4.39 Å². The molecule has 2 aliphatic rings. The van der Waals surface area contributed by atoms with Crippen molar-refractivity contribution < 1.29 is 19.1 Å². The lowest BCUT2D eigenvalue weighted by atomic mass is 9.92. The van der Waals surface area contributed by atoms with E-state index in [2.05, 4.69) is 10.6 Å². The van der Waals surface area contributed by atoms with Crippen LogP contribution >= 0.6 is 0 Å². The van der Waals surface area contributed by atoms with Crippen LogP contribution in [-0.4, -0.2) is 42.5 Å². The first-order chi connectivity index (χ1) is 14.9. The second-order valence-electron chi connectivity index (χ2n) is 8.25. The maximum atomic E-state index is 14.9. The second kappa shape index (κ2) is 8.99. The number of hydrogen-bond acceptors (Lipinski definition) is 5. The summed E-state index contributed by atoms with van der Waals surface area (Å²) >= 11 is 0. The van der Waals surface area contributed by atoms with Crippen LogP contribution in [0.25, 0.3) is 16.8 Å². The maximum Gasteiger partial charge on any atom is 0.284 e. The van der Waals surface area contributed by atoms with Crippen LogP contribution in [0.15, 0.2) is 48.5 Å². The minimum Gasteiger partial charge on any atom is -0.396 e. The molecule has 2 aliphatic heterocycles. The van der Waals surface area contributed by atoms with Crippen molar-refractivity contribution in [3.05, 3.63) is 65.5 Å². The van der Waals surface area contributed by atoms with Crippen molar-refractivity contribution >= 4 is 17.4 Å². The van der Waals surface area contributed by atoms with Crippen LogP contribution in [0, 0.1) is 11.7 Å². The van der Waals surface area contributed by atoms with Crippen LogP contribution in [0.1, 0.15) is 29.9 Å². The Bertz CT molecular complexity index is 1020. The average molecular weight is 423 g/mol. The fraction of sp³-hybridized carbons (Fsp3) is 0.333. The van der Waals surface area contributed by atoms with Gasteiger partial charge in [-0.2, -0.15) is 0 Å². The van der Waals surface area contributed by atoms with Gasteiger partial charge in [0.2, 0.25) is 5.78 Å². The Morgan fingerprint density at radius 1 is 1.10 bits per heavy atom. The van der Waals surface area contributed by atoms with Gasteiger partial charge in [-0.3, -0.25) is 9.59 Å². The molecule has 4 rings (SSSR count). The van der Waals surface area contributed by atoms with Gasteiger partial charge in [-0.25, -0.2) is 4.39 Å². The van der Waals surface area contributed by atoms with E-state index in [-0.39, 0.29) is 36.7 Å². The summed E-state index contributed by atoms with van der Waals surface area (Å²) in [7, 11) is 0. The monoisotopic (exact) mass is 423 g/mol. The van der Waals surface area contributed by atoms with E-state index < -0.39 is 11.7 Å². The highest BCUT2D eigenvalue weighted by Gasteiger charge is 2.28. The van der Waals surface area contributed by atoms with E-state index in [4.69, 9.17) is 5.73 Å². The Morgan fingerprint density at radius 2 is 1.84 bits per heavy atom. The highest BCUT2D eigenvalue weighted by molar-refractivity contribution is 6.35. The summed E-state index contributed by atoms with van der Waals surface area (Å²) < 4.78 is 14.9. The van der Waals surface area contributed by atoms with Gasteiger partial charge in [0.05, 0.1) is 6.61 Å². The molecule has 2 aromatic rings. The molecular formula is C24H26FN3O3. The Balaban J connectivity index is 1.45. The Labute approximate surface area is 180 Å². The van der Waals surface area contributed by atoms with Crippen molar-refractivity contribution in [3.63, 3.8) is 0 Å². The number of halogens is 1. The van der Waals surface area contributed by atoms with Gasteiger partial charge in [0.15, 0.2) is 0 Å². The number of aliphatic hydroxyl groups is 1. The van der Waals surface area contributed by atoms with Crippen molar-refractivity contribution in [2.75, 3.05) is 19.7 Å². The summed E-state index contributed by atoms with van der Waals surface area (Å²) in [5.41, 5.74) is 9.21. The van der Waals surface area contributed by atoms with E-state index in [0.29, 0.717) is 18.5 Å². The van der Waals surface area contributed by atoms with E-state index in [1.54, 1.807) is 12.1 Å². The van der Waals surface area contributed by atoms with E-state index in [1.165, 1.54) is 0 Å². The zero-order chi connectivity index (χ0) is 22.0. The summed E-state index contributed by atoms with van der Waals surface area (Å²) in [5.74, 6) is -1.59. The van der Waals surface area contributed by atoms with E-state index >= 15 is 0 Å². The molecule has 2 heterocycles. The number of carbonyl (C=O) groups excluding carboxylic acids is 2. The zero-order valence-electron chi connectivity index (χ0n) is 17.1. The molecule has 0 aromatic heterocycles. The lowest BCUT2D eigenvalue weighted by Gasteiger charge is -2.12. The number of hydrogen-bond donors (Lipinski definition) is 4. The molecule has 3 atom stereocenters.